The van der Waals surface area contributed by atoms with Crippen molar-refractivity contribution in [1.29, 1.82) is 0 Å². The Labute approximate surface area is 50.0 Å². The summed E-state index contributed by atoms with van der Waals surface area (Å²) in [6.45, 7) is 3.94. The summed E-state index contributed by atoms with van der Waals surface area (Å²) in [4.78, 5) is 0. The molecule has 0 rings (SSSR count). The number of hydrogen-bond acceptors (Lipinski definition) is 2. The van der Waals surface area contributed by atoms with E-state index in [9.17, 15) is 0 Å². The normalized spacial score (nSPS) is 11.1. The first-order valence-electron chi connectivity index (χ1n) is 2.67. The van der Waals surface area contributed by atoms with Gasteiger partial charge in [0.2, 0.25) is 0 Å². The zero-order valence-corrected chi connectivity index (χ0v) is 5.20. The van der Waals surface area contributed by atoms with Crippen LogP contribution in [0.4, 0.5) is 0 Å². The van der Waals surface area contributed by atoms with Gasteiger partial charge in [-0.15, -0.1) is 0 Å². The zero-order valence-electron chi connectivity index (χ0n) is 5.20. The molecule has 0 aromatic heterocycles. The molecule has 0 saturated carbocycles. The van der Waals surface area contributed by atoms with E-state index in [1.807, 2.05) is 13.8 Å². The van der Waals surface area contributed by atoms with Crippen LogP contribution in [0, 0.1) is 5.92 Å². The predicted molar refractivity (Wildman–Crippen MR) is 34.2 cm³/mol. The van der Waals surface area contributed by atoms with Gasteiger partial charge >= 0.3 is 7.12 Å². The standard InChI is InChI=1S/C5H11BO2/c1-5(2)3-4-6(7)8/h3-5,7-8H,1-2H3/b4-3+. The lowest BCUT2D eigenvalue weighted by molar-refractivity contribution is 0.423. The molecule has 2 N–H and O–H groups in total. The highest BCUT2D eigenvalue weighted by Gasteiger charge is 1.97. The van der Waals surface area contributed by atoms with Crippen LogP contribution in [0.25, 0.3) is 0 Å². The Morgan fingerprint density at radius 1 is 1.38 bits per heavy atom. The van der Waals surface area contributed by atoms with E-state index in [-0.39, 0.29) is 0 Å². The van der Waals surface area contributed by atoms with Gasteiger partial charge in [-0.1, -0.05) is 25.9 Å². The molecule has 0 bridgehead atoms. The van der Waals surface area contributed by atoms with E-state index < -0.39 is 7.12 Å². The lowest BCUT2D eigenvalue weighted by atomic mass is 9.90. The van der Waals surface area contributed by atoms with Crippen LogP contribution in [-0.4, -0.2) is 17.2 Å². The summed E-state index contributed by atoms with van der Waals surface area (Å²) in [7, 11) is -1.29. The zero-order chi connectivity index (χ0) is 6.57. The van der Waals surface area contributed by atoms with Gasteiger partial charge in [-0.2, -0.15) is 0 Å². The van der Waals surface area contributed by atoms with Crippen LogP contribution >= 0.6 is 0 Å². The van der Waals surface area contributed by atoms with Crippen molar-refractivity contribution in [2.75, 3.05) is 0 Å². The molecule has 0 amide bonds. The molecule has 0 heterocycles. The van der Waals surface area contributed by atoms with E-state index in [0.29, 0.717) is 5.92 Å². The Morgan fingerprint density at radius 2 is 1.88 bits per heavy atom. The second-order valence-corrected chi connectivity index (χ2v) is 2.04. The number of allylic oxidation sites excluding steroid dienone is 1. The first-order chi connectivity index (χ1) is 3.63. The largest absolute Gasteiger partial charge is 0.480 e. The van der Waals surface area contributed by atoms with Crippen molar-refractivity contribution < 1.29 is 10.0 Å². The lowest BCUT2D eigenvalue weighted by Crippen LogP contribution is -2.06. The summed E-state index contributed by atoms with van der Waals surface area (Å²) in [6, 6.07) is 0. The molecule has 8 heavy (non-hydrogen) atoms. The molecular formula is C5H11BO2. The summed E-state index contributed by atoms with van der Waals surface area (Å²) in [5, 5.41) is 16.5. The maximum absolute atomic E-state index is 8.27. The minimum Gasteiger partial charge on any atom is -0.424 e. The number of rotatable bonds is 2. The maximum atomic E-state index is 8.27. The SMILES string of the molecule is CC(C)/C=C/B(O)O. The van der Waals surface area contributed by atoms with Crippen LogP contribution in [0.3, 0.4) is 0 Å². The smallest absolute Gasteiger partial charge is 0.424 e. The van der Waals surface area contributed by atoms with Crippen LogP contribution < -0.4 is 0 Å². The summed E-state index contributed by atoms with van der Waals surface area (Å²) in [5.41, 5.74) is 0. The topological polar surface area (TPSA) is 40.5 Å². The highest BCUT2D eigenvalue weighted by Crippen LogP contribution is 1.92. The third kappa shape index (κ3) is 5.72. The Kier molecular flexibility index (Phi) is 3.57. The van der Waals surface area contributed by atoms with Gasteiger partial charge < -0.3 is 10.0 Å². The van der Waals surface area contributed by atoms with Crippen molar-refractivity contribution in [3.63, 3.8) is 0 Å². The fourth-order valence-electron chi connectivity index (χ4n) is 0.322. The molecule has 0 fully saturated rings. The Balaban J connectivity index is 3.34. The van der Waals surface area contributed by atoms with E-state index in [2.05, 4.69) is 0 Å². The van der Waals surface area contributed by atoms with E-state index in [1.54, 1.807) is 6.08 Å². The Bertz CT molecular complexity index is 68.5. The predicted octanol–water partition coefficient (Wildman–Crippen LogP) is 0.211. The summed E-state index contributed by atoms with van der Waals surface area (Å²) in [5.74, 6) is 1.74. The third-order valence-electron chi connectivity index (χ3n) is 0.668. The minimum atomic E-state index is -1.29. The quantitative estimate of drug-likeness (QED) is 0.503. The molecule has 0 aliphatic carbocycles. The van der Waals surface area contributed by atoms with Crippen LogP contribution in [-0.2, 0) is 0 Å². The molecule has 0 radical (unpaired) electrons. The molecule has 0 aromatic carbocycles. The fraction of sp³-hybridized carbons (Fsp3) is 0.600. The lowest BCUT2D eigenvalue weighted by Gasteiger charge is -1.91. The monoisotopic (exact) mass is 114 g/mol. The van der Waals surface area contributed by atoms with Crippen LogP contribution in [0.5, 0.6) is 0 Å². The van der Waals surface area contributed by atoms with Crippen LogP contribution in [0.15, 0.2) is 12.1 Å². The molecule has 0 spiro atoms. The van der Waals surface area contributed by atoms with Crippen molar-refractivity contribution in [3.05, 3.63) is 12.1 Å². The van der Waals surface area contributed by atoms with E-state index in [0.717, 1.165) is 0 Å². The van der Waals surface area contributed by atoms with E-state index in [4.69, 9.17) is 10.0 Å². The third-order valence-corrected chi connectivity index (χ3v) is 0.668. The summed E-state index contributed by atoms with van der Waals surface area (Å²) < 4.78 is 0. The first kappa shape index (κ1) is 7.72. The van der Waals surface area contributed by atoms with Crippen molar-refractivity contribution >= 4 is 7.12 Å². The van der Waals surface area contributed by atoms with Gasteiger partial charge in [0.05, 0.1) is 0 Å². The second-order valence-electron chi connectivity index (χ2n) is 2.04. The molecular weight excluding hydrogens is 103 g/mol. The molecule has 0 aromatic rings. The molecule has 3 heteroatoms. The molecule has 0 unspecified atom stereocenters. The summed E-state index contributed by atoms with van der Waals surface area (Å²) >= 11 is 0. The molecule has 0 aliphatic rings. The molecule has 0 aliphatic heterocycles. The highest BCUT2D eigenvalue weighted by molar-refractivity contribution is 6.47. The van der Waals surface area contributed by atoms with Crippen molar-refractivity contribution in [2.24, 2.45) is 5.92 Å². The van der Waals surface area contributed by atoms with Crippen molar-refractivity contribution in [2.45, 2.75) is 13.8 Å². The minimum absolute atomic E-state index is 0.386. The van der Waals surface area contributed by atoms with Crippen LogP contribution in [0.1, 0.15) is 13.8 Å². The maximum Gasteiger partial charge on any atom is 0.480 e. The Hall–Kier alpha value is -0.275. The van der Waals surface area contributed by atoms with Gasteiger partial charge in [-0.05, 0) is 5.92 Å². The van der Waals surface area contributed by atoms with E-state index >= 15 is 0 Å². The average Bonchev–Trinajstić information content (AvgIpc) is 1.61. The van der Waals surface area contributed by atoms with Crippen molar-refractivity contribution in [3.8, 4) is 0 Å². The van der Waals surface area contributed by atoms with Crippen LogP contribution in [0.2, 0.25) is 0 Å². The summed E-state index contributed by atoms with van der Waals surface area (Å²) in [6.07, 6.45) is 1.74. The first-order valence-corrected chi connectivity index (χ1v) is 2.67. The number of hydrogen-bond donors (Lipinski definition) is 2. The van der Waals surface area contributed by atoms with Gasteiger partial charge in [0, 0.05) is 0 Å². The molecule has 0 atom stereocenters. The average molecular weight is 114 g/mol. The van der Waals surface area contributed by atoms with Crippen molar-refractivity contribution in [1.82, 2.24) is 0 Å². The Morgan fingerprint density at radius 3 is 2.00 bits per heavy atom. The van der Waals surface area contributed by atoms with Gasteiger partial charge in [0.1, 0.15) is 0 Å². The molecule has 0 saturated heterocycles. The highest BCUT2D eigenvalue weighted by atomic mass is 16.4. The van der Waals surface area contributed by atoms with E-state index in [1.165, 1.54) is 5.98 Å². The van der Waals surface area contributed by atoms with Gasteiger partial charge in [0.15, 0.2) is 0 Å². The van der Waals surface area contributed by atoms with Gasteiger partial charge in [-0.3, -0.25) is 0 Å². The van der Waals surface area contributed by atoms with Gasteiger partial charge in [0.25, 0.3) is 0 Å². The van der Waals surface area contributed by atoms with Gasteiger partial charge in [-0.25, -0.2) is 0 Å². The molecule has 2 nitrogen and oxygen atoms in total. The second kappa shape index (κ2) is 3.69. The fourth-order valence-corrected chi connectivity index (χ4v) is 0.322. The molecule has 46 valence electrons.